The van der Waals surface area contributed by atoms with Crippen molar-refractivity contribution in [2.75, 3.05) is 6.54 Å². The number of hydrogen-bond donors (Lipinski definition) is 1. The average Bonchev–Trinajstić information content (AvgIpc) is 3.13. The molecule has 0 spiro atoms. The van der Waals surface area contributed by atoms with E-state index in [1.54, 1.807) is 6.42 Å². The zero-order valence-electron chi connectivity index (χ0n) is 18.3. The fourth-order valence-electron chi connectivity index (χ4n) is 8.69. The average molecular weight is 360 g/mol. The quantitative estimate of drug-likeness (QED) is 0.578. The van der Waals surface area contributed by atoms with Crippen molar-refractivity contribution in [2.24, 2.45) is 46.3 Å². The summed E-state index contributed by atoms with van der Waals surface area (Å²) in [6, 6.07) is 0.834. The summed E-state index contributed by atoms with van der Waals surface area (Å²) in [6.45, 7) is 14.0. The van der Waals surface area contributed by atoms with Gasteiger partial charge in [0.25, 0.3) is 0 Å². The standard InChI is InChI=1S/C25H45N/c1-17(2)7-6-8-18(3)20-10-11-21-19-9-12-23-25(5,15-16-26-23)22(19)13-14-24(20,21)4/h17-23,26H,6-16H2,1-5H3/t18-,19-,20-,21+,22-,23-,24+,25+/m0/s1. The molecule has 1 N–H and O–H groups in total. The van der Waals surface area contributed by atoms with Crippen LogP contribution in [0.1, 0.15) is 98.8 Å². The molecule has 0 bridgehead atoms. The number of fused-ring (bicyclic) bond motifs is 5. The molecule has 0 amide bonds. The van der Waals surface area contributed by atoms with Gasteiger partial charge in [0.2, 0.25) is 0 Å². The molecular weight excluding hydrogens is 314 g/mol. The summed E-state index contributed by atoms with van der Waals surface area (Å²) in [7, 11) is 0. The maximum absolute atomic E-state index is 3.86. The van der Waals surface area contributed by atoms with Gasteiger partial charge < -0.3 is 5.32 Å². The lowest BCUT2D eigenvalue weighted by molar-refractivity contribution is -0.0774. The van der Waals surface area contributed by atoms with E-state index in [1.807, 2.05) is 0 Å². The van der Waals surface area contributed by atoms with Crippen LogP contribution in [0.2, 0.25) is 0 Å². The molecule has 4 fully saturated rings. The first kappa shape index (κ1) is 19.3. The van der Waals surface area contributed by atoms with Crippen molar-refractivity contribution in [3.8, 4) is 0 Å². The Morgan fingerprint density at radius 2 is 1.62 bits per heavy atom. The van der Waals surface area contributed by atoms with Gasteiger partial charge in [0, 0.05) is 6.04 Å². The lowest BCUT2D eigenvalue weighted by Crippen LogP contribution is -2.54. The van der Waals surface area contributed by atoms with Gasteiger partial charge >= 0.3 is 0 Å². The van der Waals surface area contributed by atoms with Gasteiger partial charge in [-0.2, -0.15) is 0 Å². The maximum atomic E-state index is 3.86. The highest BCUT2D eigenvalue weighted by Crippen LogP contribution is 2.66. The molecule has 1 saturated heterocycles. The first-order valence-corrected chi connectivity index (χ1v) is 12.1. The van der Waals surface area contributed by atoms with Crippen LogP contribution < -0.4 is 5.32 Å². The molecule has 1 heterocycles. The summed E-state index contributed by atoms with van der Waals surface area (Å²) >= 11 is 0. The molecule has 0 aromatic heterocycles. The third-order valence-electron chi connectivity index (χ3n) is 10.1. The topological polar surface area (TPSA) is 12.0 Å². The van der Waals surface area contributed by atoms with Crippen molar-refractivity contribution in [1.82, 2.24) is 5.32 Å². The lowest BCUT2D eigenvalue weighted by atomic mass is 9.48. The third kappa shape index (κ3) is 2.99. The van der Waals surface area contributed by atoms with Crippen LogP contribution in [0.25, 0.3) is 0 Å². The summed E-state index contributed by atoms with van der Waals surface area (Å²) in [5.74, 6) is 5.93. The minimum absolute atomic E-state index is 0.616. The van der Waals surface area contributed by atoms with Crippen molar-refractivity contribution in [3.63, 3.8) is 0 Å². The van der Waals surface area contributed by atoms with E-state index in [4.69, 9.17) is 0 Å². The Morgan fingerprint density at radius 3 is 2.38 bits per heavy atom. The van der Waals surface area contributed by atoms with Crippen LogP contribution in [0.4, 0.5) is 0 Å². The fraction of sp³-hybridized carbons (Fsp3) is 1.00. The van der Waals surface area contributed by atoms with Gasteiger partial charge in [-0.15, -0.1) is 0 Å². The highest BCUT2D eigenvalue weighted by atomic mass is 15.0. The highest BCUT2D eigenvalue weighted by Gasteiger charge is 2.60. The van der Waals surface area contributed by atoms with Crippen LogP contribution >= 0.6 is 0 Å². The Kier molecular flexibility index (Phi) is 5.26. The Hall–Kier alpha value is -0.0400. The van der Waals surface area contributed by atoms with E-state index in [1.165, 1.54) is 64.3 Å². The van der Waals surface area contributed by atoms with Crippen molar-refractivity contribution in [2.45, 2.75) is 105 Å². The second-order valence-electron chi connectivity index (χ2n) is 11.7. The Labute approximate surface area is 163 Å². The van der Waals surface area contributed by atoms with E-state index in [0.717, 1.165) is 41.5 Å². The summed E-state index contributed by atoms with van der Waals surface area (Å²) in [5.41, 5.74) is 1.28. The monoisotopic (exact) mass is 359 g/mol. The second kappa shape index (κ2) is 7.09. The lowest BCUT2D eigenvalue weighted by Gasteiger charge is -2.58. The van der Waals surface area contributed by atoms with Crippen LogP contribution in [-0.4, -0.2) is 12.6 Å². The molecule has 0 aromatic rings. The Bertz CT molecular complexity index is 498. The molecule has 0 radical (unpaired) electrons. The molecule has 0 unspecified atom stereocenters. The predicted molar refractivity (Wildman–Crippen MR) is 112 cm³/mol. The minimum atomic E-state index is 0.616. The molecule has 1 nitrogen and oxygen atoms in total. The molecule has 0 aromatic carbocycles. The summed E-state index contributed by atoms with van der Waals surface area (Å²) in [4.78, 5) is 0. The second-order valence-corrected chi connectivity index (χ2v) is 11.7. The SMILES string of the molecule is CC(C)CCC[C@H](C)[C@@H]1CC[C@@H]2[C@@H]3CC[C@@H]4NCC[C@]4(C)[C@H]3CC[C@@]21C. The summed E-state index contributed by atoms with van der Waals surface area (Å²) in [6.07, 6.45) is 14.9. The van der Waals surface area contributed by atoms with E-state index in [-0.39, 0.29) is 0 Å². The van der Waals surface area contributed by atoms with Crippen LogP contribution in [0.3, 0.4) is 0 Å². The van der Waals surface area contributed by atoms with Gasteiger partial charge in [-0.1, -0.05) is 53.9 Å². The Balaban J connectivity index is 1.46. The van der Waals surface area contributed by atoms with E-state index >= 15 is 0 Å². The number of hydrogen-bond acceptors (Lipinski definition) is 1. The molecule has 26 heavy (non-hydrogen) atoms. The molecule has 3 saturated carbocycles. The third-order valence-corrected chi connectivity index (χ3v) is 10.1. The van der Waals surface area contributed by atoms with E-state index in [0.29, 0.717) is 10.8 Å². The molecular formula is C25H45N. The number of rotatable bonds is 5. The zero-order valence-corrected chi connectivity index (χ0v) is 18.3. The van der Waals surface area contributed by atoms with Gasteiger partial charge in [0.1, 0.15) is 0 Å². The molecule has 4 rings (SSSR count). The molecule has 4 aliphatic rings. The van der Waals surface area contributed by atoms with Gasteiger partial charge in [-0.05, 0) is 97.8 Å². The summed E-state index contributed by atoms with van der Waals surface area (Å²) < 4.78 is 0. The predicted octanol–water partition coefficient (Wildman–Crippen LogP) is 6.67. The fourth-order valence-corrected chi connectivity index (χ4v) is 8.69. The molecule has 1 heteroatoms. The van der Waals surface area contributed by atoms with Crippen molar-refractivity contribution < 1.29 is 0 Å². The largest absolute Gasteiger partial charge is 0.313 e. The number of nitrogens with one attached hydrogen (secondary N) is 1. The van der Waals surface area contributed by atoms with E-state index < -0.39 is 0 Å². The molecule has 150 valence electrons. The first-order chi connectivity index (χ1) is 12.4. The van der Waals surface area contributed by atoms with Crippen LogP contribution in [0, 0.1) is 46.3 Å². The van der Waals surface area contributed by atoms with Crippen LogP contribution in [0.15, 0.2) is 0 Å². The van der Waals surface area contributed by atoms with E-state index in [2.05, 4.69) is 39.9 Å². The van der Waals surface area contributed by atoms with Gasteiger partial charge in [-0.25, -0.2) is 0 Å². The summed E-state index contributed by atoms with van der Waals surface area (Å²) in [5, 5.41) is 3.86. The highest BCUT2D eigenvalue weighted by molar-refractivity contribution is 5.11. The van der Waals surface area contributed by atoms with E-state index in [9.17, 15) is 0 Å². The van der Waals surface area contributed by atoms with Gasteiger partial charge in [0.05, 0.1) is 0 Å². The Morgan fingerprint density at radius 1 is 0.846 bits per heavy atom. The van der Waals surface area contributed by atoms with Crippen molar-refractivity contribution >= 4 is 0 Å². The maximum Gasteiger partial charge on any atom is 0.0124 e. The molecule has 8 atom stereocenters. The minimum Gasteiger partial charge on any atom is -0.313 e. The zero-order chi connectivity index (χ0) is 18.5. The van der Waals surface area contributed by atoms with Crippen molar-refractivity contribution in [3.05, 3.63) is 0 Å². The van der Waals surface area contributed by atoms with Crippen LogP contribution in [-0.2, 0) is 0 Å². The van der Waals surface area contributed by atoms with Crippen molar-refractivity contribution in [1.29, 1.82) is 0 Å². The molecule has 1 aliphatic heterocycles. The first-order valence-electron chi connectivity index (χ1n) is 12.1. The van der Waals surface area contributed by atoms with Gasteiger partial charge in [0.15, 0.2) is 0 Å². The van der Waals surface area contributed by atoms with Gasteiger partial charge in [-0.3, -0.25) is 0 Å². The molecule has 3 aliphatic carbocycles. The normalized spacial score (nSPS) is 48.9. The van der Waals surface area contributed by atoms with Crippen LogP contribution in [0.5, 0.6) is 0 Å². The smallest absolute Gasteiger partial charge is 0.0124 e.